The van der Waals surface area contributed by atoms with E-state index in [1.54, 1.807) is 11.6 Å². The van der Waals surface area contributed by atoms with E-state index in [0.717, 1.165) is 38.0 Å². The number of carbonyl (C=O) groups excluding carboxylic acids is 2. The largest absolute Gasteiger partial charge is 0.467 e. The van der Waals surface area contributed by atoms with Gasteiger partial charge < -0.3 is 19.2 Å². The maximum absolute atomic E-state index is 13.6. The number of furan rings is 1. The number of rotatable bonds is 7. The molecule has 0 radical (unpaired) electrons. The highest BCUT2D eigenvalue weighted by atomic mass is 19.4. The summed E-state index contributed by atoms with van der Waals surface area (Å²) < 4.78 is 47.3. The van der Waals surface area contributed by atoms with Crippen LogP contribution in [0, 0.1) is 5.92 Å². The van der Waals surface area contributed by atoms with Crippen LogP contribution in [0.1, 0.15) is 78.1 Å². The minimum Gasteiger partial charge on any atom is -0.467 e. The first-order valence-electron chi connectivity index (χ1n) is 10.9. The zero-order valence-corrected chi connectivity index (χ0v) is 18.8. The van der Waals surface area contributed by atoms with Crippen molar-refractivity contribution in [3.8, 4) is 0 Å². The van der Waals surface area contributed by atoms with Crippen LogP contribution in [0.4, 0.5) is 13.2 Å². The van der Waals surface area contributed by atoms with E-state index in [2.05, 4.69) is 0 Å². The number of alkyl halides is 3. The number of carbonyl (C=O) groups is 2. The Morgan fingerprint density at radius 2 is 1.85 bits per heavy atom. The molecular formula is C23H28F3N3O4. The van der Waals surface area contributed by atoms with Crippen LogP contribution in [0.3, 0.4) is 0 Å². The third-order valence-electron chi connectivity index (χ3n) is 5.68. The van der Waals surface area contributed by atoms with Crippen molar-refractivity contribution in [2.45, 2.75) is 57.8 Å². The number of hydrogen-bond acceptors (Lipinski definition) is 4. The SMILES string of the molecule is CC(C)CN(C)C(=O)c1cn(C2CCCC2)cc(C(=O)NC(c2ccco2)C(F)(F)F)c1=O. The highest BCUT2D eigenvalue weighted by Gasteiger charge is 2.44. The first-order chi connectivity index (χ1) is 15.5. The van der Waals surface area contributed by atoms with E-state index in [-0.39, 0.29) is 17.5 Å². The minimum atomic E-state index is -4.84. The van der Waals surface area contributed by atoms with Gasteiger partial charge in [-0.1, -0.05) is 26.7 Å². The molecule has 10 heteroatoms. The third-order valence-corrected chi connectivity index (χ3v) is 5.68. The summed E-state index contributed by atoms with van der Waals surface area (Å²) in [4.78, 5) is 40.4. The lowest BCUT2D eigenvalue weighted by Gasteiger charge is -2.23. The van der Waals surface area contributed by atoms with Crippen LogP contribution < -0.4 is 10.7 Å². The Balaban J connectivity index is 2.02. The first kappa shape index (κ1) is 24.6. The van der Waals surface area contributed by atoms with Crippen molar-refractivity contribution >= 4 is 11.8 Å². The Kier molecular flexibility index (Phi) is 7.34. The van der Waals surface area contributed by atoms with Gasteiger partial charge in [-0.25, -0.2) is 0 Å². The highest BCUT2D eigenvalue weighted by molar-refractivity contribution is 5.99. The topological polar surface area (TPSA) is 84.6 Å². The molecule has 3 rings (SSSR count). The Bertz CT molecular complexity index is 1040. The number of nitrogens with zero attached hydrogens (tertiary/aromatic N) is 2. The highest BCUT2D eigenvalue weighted by Crippen LogP contribution is 2.33. The molecule has 2 aromatic heterocycles. The lowest BCUT2D eigenvalue weighted by molar-refractivity contribution is -0.159. The second-order valence-corrected chi connectivity index (χ2v) is 8.84. The fourth-order valence-corrected chi connectivity index (χ4v) is 4.14. The average Bonchev–Trinajstić information content (AvgIpc) is 3.44. The van der Waals surface area contributed by atoms with Crippen molar-refractivity contribution in [1.82, 2.24) is 14.8 Å². The van der Waals surface area contributed by atoms with E-state index in [4.69, 9.17) is 4.42 Å². The first-order valence-corrected chi connectivity index (χ1v) is 10.9. The average molecular weight is 467 g/mol. The molecule has 1 fully saturated rings. The summed E-state index contributed by atoms with van der Waals surface area (Å²) >= 11 is 0. The summed E-state index contributed by atoms with van der Waals surface area (Å²) in [7, 11) is 1.55. The molecule has 0 bridgehead atoms. The van der Waals surface area contributed by atoms with Gasteiger partial charge in [0, 0.05) is 32.0 Å². The molecule has 1 N–H and O–H groups in total. The molecule has 0 saturated heterocycles. The quantitative estimate of drug-likeness (QED) is 0.658. The van der Waals surface area contributed by atoms with Crippen LogP contribution in [-0.4, -0.2) is 41.1 Å². The van der Waals surface area contributed by atoms with Gasteiger partial charge in [-0.15, -0.1) is 0 Å². The number of nitrogens with one attached hydrogen (secondary N) is 1. The predicted molar refractivity (Wildman–Crippen MR) is 115 cm³/mol. The molecule has 7 nitrogen and oxygen atoms in total. The monoisotopic (exact) mass is 467 g/mol. The predicted octanol–water partition coefficient (Wildman–Crippen LogP) is 4.32. The van der Waals surface area contributed by atoms with Crippen molar-refractivity contribution in [3.63, 3.8) is 0 Å². The smallest absolute Gasteiger partial charge is 0.415 e. The van der Waals surface area contributed by atoms with Gasteiger partial charge in [-0.05, 0) is 30.9 Å². The van der Waals surface area contributed by atoms with Crippen molar-refractivity contribution in [3.05, 3.63) is 57.9 Å². The molecule has 0 spiro atoms. The number of halogens is 3. The zero-order valence-electron chi connectivity index (χ0n) is 18.8. The minimum absolute atomic E-state index is 0.0393. The third kappa shape index (κ3) is 5.66. The molecule has 1 aliphatic carbocycles. The van der Waals surface area contributed by atoms with Crippen LogP contribution in [-0.2, 0) is 0 Å². The fraction of sp³-hybridized carbons (Fsp3) is 0.522. The summed E-state index contributed by atoms with van der Waals surface area (Å²) in [5.74, 6) is -2.15. The molecule has 33 heavy (non-hydrogen) atoms. The van der Waals surface area contributed by atoms with E-state index < -0.39 is 40.8 Å². The van der Waals surface area contributed by atoms with Crippen LogP contribution in [0.5, 0.6) is 0 Å². The fourth-order valence-electron chi connectivity index (χ4n) is 4.14. The van der Waals surface area contributed by atoms with Gasteiger partial charge in [-0.3, -0.25) is 14.4 Å². The van der Waals surface area contributed by atoms with E-state index in [0.29, 0.717) is 6.54 Å². The maximum atomic E-state index is 13.6. The molecule has 1 unspecified atom stereocenters. The second kappa shape index (κ2) is 9.84. The van der Waals surface area contributed by atoms with Crippen molar-refractivity contribution < 1.29 is 27.2 Å². The van der Waals surface area contributed by atoms with Crippen molar-refractivity contribution in [2.75, 3.05) is 13.6 Å². The van der Waals surface area contributed by atoms with Gasteiger partial charge in [0.2, 0.25) is 5.43 Å². The molecule has 1 aliphatic rings. The standard InChI is InChI=1S/C23H28F3N3O4/c1-14(2)11-28(3)22(32)17-13-29(15-7-4-5-8-15)12-16(19(17)30)21(31)27-20(23(24,25)26)18-9-6-10-33-18/h6,9-10,12-15,20H,4-5,7-8,11H2,1-3H3,(H,27,31). The summed E-state index contributed by atoms with van der Waals surface area (Å²) in [5.41, 5.74) is -1.64. The Labute approximate surface area is 189 Å². The van der Waals surface area contributed by atoms with Crippen LogP contribution in [0.25, 0.3) is 0 Å². The molecule has 1 saturated carbocycles. The van der Waals surface area contributed by atoms with Crippen LogP contribution in [0.15, 0.2) is 40.0 Å². The zero-order chi connectivity index (χ0) is 24.3. The number of pyridine rings is 1. The number of hydrogen-bond donors (Lipinski definition) is 1. The Morgan fingerprint density at radius 1 is 1.21 bits per heavy atom. The Hall–Kier alpha value is -3.04. The summed E-state index contributed by atoms with van der Waals surface area (Å²) in [6, 6.07) is -0.0994. The van der Waals surface area contributed by atoms with Crippen LogP contribution in [0.2, 0.25) is 0 Å². The molecule has 2 aromatic rings. The number of amides is 2. The normalized spacial score (nSPS) is 15.6. The summed E-state index contributed by atoms with van der Waals surface area (Å²) in [6.07, 6.45) is 2.37. The maximum Gasteiger partial charge on any atom is 0.415 e. The van der Waals surface area contributed by atoms with Crippen LogP contribution >= 0.6 is 0 Å². The molecule has 2 heterocycles. The van der Waals surface area contributed by atoms with Crippen molar-refractivity contribution in [1.29, 1.82) is 0 Å². The van der Waals surface area contributed by atoms with E-state index in [9.17, 15) is 27.6 Å². The molecule has 1 atom stereocenters. The molecular weight excluding hydrogens is 439 g/mol. The van der Waals surface area contributed by atoms with E-state index in [1.165, 1.54) is 23.4 Å². The van der Waals surface area contributed by atoms with E-state index >= 15 is 0 Å². The van der Waals surface area contributed by atoms with Gasteiger partial charge in [-0.2, -0.15) is 13.2 Å². The lowest BCUT2D eigenvalue weighted by Crippen LogP contribution is -2.41. The second-order valence-electron chi connectivity index (χ2n) is 8.84. The molecule has 0 aromatic carbocycles. The Morgan fingerprint density at radius 3 is 2.39 bits per heavy atom. The van der Waals surface area contributed by atoms with E-state index in [1.807, 2.05) is 19.2 Å². The lowest BCUT2D eigenvalue weighted by atomic mass is 10.1. The van der Waals surface area contributed by atoms with Gasteiger partial charge in [0.25, 0.3) is 11.8 Å². The van der Waals surface area contributed by atoms with Gasteiger partial charge in [0.15, 0.2) is 6.04 Å². The van der Waals surface area contributed by atoms with Gasteiger partial charge in [0.1, 0.15) is 16.9 Å². The molecule has 0 aliphatic heterocycles. The van der Waals surface area contributed by atoms with Gasteiger partial charge in [0.05, 0.1) is 6.26 Å². The van der Waals surface area contributed by atoms with Crippen molar-refractivity contribution in [2.24, 2.45) is 5.92 Å². The molecule has 180 valence electrons. The summed E-state index contributed by atoms with van der Waals surface area (Å²) in [5, 5.41) is 1.87. The molecule has 2 amide bonds. The van der Waals surface area contributed by atoms with Gasteiger partial charge >= 0.3 is 6.18 Å². The number of aromatic nitrogens is 1. The summed E-state index contributed by atoms with van der Waals surface area (Å²) in [6.45, 7) is 4.21.